The summed E-state index contributed by atoms with van der Waals surface area (Å²) in [6, 6.07) is 0. The number of halogens is 1. The maximum absolute atomic E-state index is 4.58. The standard InChI is InChI=1S/C3H4S3.Au.ClH/c4-3-5-1-2-6-3;;/h1-2H2;;1H/q;+1;. The Morgan fingerprint density at radius 1 is 1.38 bits per heavy atom. The van der Waals surface area contributed by atoms with Crippen LogP contribution in [0.4, 0.5) is 0 Å². The number of thiol groups is 1. The van der Waals surface area contributed by atoms with Crippen LogP contribution in [-0.2, 0) is 32.2 Å². The minimum absolute atomic E-state index is 1.23. The second-order valence-electron chi connectivity index (χ2n) is 0.963. The normalized spacial score (nSPS) is 17.6. The van der Waals surface area contributed by atoms with E-state index < -0.39 is 0 Å². The molecule has 0 saturated carbocycles. The molecule has 1 rings (SSSR count). The summed E-state index contributed by atoms with van der Waals surface area (Å²) < 4.78 is 1.23. The van der Waals surface area contributed by atoms with Crippen molar-refractivity contribution in [3.8, 4) is 0 Å². The van der Waals surface area contributed by atoms with Gasteiger partial charge in [-0.25, -0.2) is 0 Å². The summed E-state index contributed by atoms with van der Waals surface area (Å²) in [6.07, 6.45) is 0. The molecule has 0 aromatic carbocycles. The number of hydrogen-bond acceptors (Lipinski definition) is 2. The molecule has 0 spiro atoms. The molecule has 0 nitrogen and oxygen atoms in total. The first kappa shape index (κ1) is 9.82. The Morgan fingerprint density at radius 2 is 1.75 bits per heavy atom. The first-order chi connectivity index (χ1) is 3.89. The van der Waals surface area contributed by atoms with Crippen molar-refractivity contribution < 1.29 is 20.0 Å². The minimum Gasteiger partial charge on any atom is -0.0571 e. The summed E-state index contributed by atoms with van der Waals surface area (Å²) in [6.45, 7) is 0. The van der Waals surface area contributed by atoms with Gasteiger partial charge in [0.1, 0.15) is 0 Å². The molecule has 1 aliphatic rings. The summed E-state index contributed by atoms with van der Waals surface area (Å²) in [5, 5.41) is 0. The molecule has 0 aromatic rings. The van der Waals surface area contributed by atoms with Crippen LogP contribution < -0.4 is 0 Å². The molecular formula is C3H5AuClS3+. The average molecular weight is 370 g/mol. The summed E-state index contributed by atoms with van der Waals surface area (Å²) in [5.74, 6) is 2.51. The zero-order valence-electron chi connectivity index (χ0n) is 3.86. The molecular weight excluding hydrogens is 365 g/mol. The Labute approximate surface area is 79.2 Å². The molecule has 0 atom stereocenters. The van der Waals surface area contributed by atoms with Crippen LogP contribution in [-0.4, -0.2) is 15.0 Å². The Kier molecular flexibility index (Phi) is 8.51. The van der Waals surface area contributed by atoms with Crippen molar-refractivity contribution in [2.45, 2.75) is 0 Å². The minimum atomic E-state index is 1.23. The van der Waals surface area contributed by atoms with Gasteiger partial charge in [-0.1, -0.05) is 23.5 Å². The molecule has 1 heterocycles. The van der Waals surface area contributed by atoms with Gasteiger partial charge in [-0.05, 0) is 0 Å². The van der Waals surface area contributed by atoms with E-state index in [2.05, 4.69) is 21.4 Å². The summed E-state index contributed by atoms with van der Waals surface area (Å²) in [5.41, 5.74) is 0. The van der Waals surface area contributed by atoms with Crippen molar-refractivity contribution in [1.82, 2.24) is 0 Å². The van der Waals surface area contributed by atoms with E-state index in [0.29, 0.717) is 0 Å². The molecule has 0 aliphatic carbocycles. The van der Waals surface area contributed by atoms with E-state index in [0.717, 1.165) is 0 Å². The van der Waals surface area contributed by atoms with Crippen LogP contribution >= 0.6 is 32.7 Å². The zero-order valence-corrected chi connectivity index (χ0v) is 9.31. The summed E-state index contributed by atoms with van der Waals surface area (Å²) >= 11 is 9.57. The van der Waals surface area contributed by atoms with Gasteiger partial charge in [0.2, 0.25) is 0 Å². The van der Waals surface area contributed by atoms with Gasteiger partial charge in [0.25, 0.3) is 3.53 Å². The molecule has 0 N–H and O–H groups in total. The summed E-state index contributed by atoms with van der Waals surface area (Å²) in [4.78, 5) is 0. The number of thioether (sulfide) groups is 2. The van der Waals surface area contributed by atoms with Gasteiger partial charge in [0, 0.05) is 11.5 Å². The fourth-order valence-electron chi connectivity index (χ4n) is 0.300. The predicted octanol–water partition coefficient (Wildman–Crippen LogP) is 1.52. The van der Waals surface area contributed by atoms with Gasteiger partial charge < -0.3 is 0 Å². The maximum atomic E-state index is 4.58. The van der Waals surface area contributed by atoms with Crippen molar-refractivity contribution in [3.63, 3.8) is 0 Å². The van der Waals surface area contributed by atoms with Crippen LogP contribution in [0.25, 0.3) is 0 Å². The molecule has 1 aliphatic heterocycles. The Balaban J connectivity index is 0.000000222. The molecule has 0 unspecified atom stereocenters. The molecule has 0 radical (unpaired) electrons. The molecule has 0 bridgehead atoms. The van der Waals surface area contributed by atoms with E-state index in [-0.39, 0.29) is 0 Å². The molecule has 5 heteroatoms. The van der Waals surface area contributed by atoms with E-state index in [1.165, 1.54) is 15.0 Å². The fraction of sp³-hybridized carbons (Fsp3) is 0.667. The smallest absolute Gasteiger partial charge is 0.0571 e. The second kappa shape index (κ2) is 6.93. The second-order valence-corrected chi connectivity index (χ2v) is 4.48. The van der Waals surface area contributed by atoms with E-state index >= 15 is 0 Å². The van der Waals surface area contributed by atoms with Crippen LogP contribution in [0, 0.1) is 0 Å². The van der Waals surface area contributed by atoms with Crippen LogP contribution in [0.2, 0.25) is 0 Å². The fourth-order valence-corrected chi connectivity index (χ4v) is 2.70. The molecule has 52 valence electrons. The van der Waals surface area contributed by atoms with Gasteiger partial charge in [-0.2, -0.15) is 0 Å². The van der Waals surface area contributed by atoms with Crippen LogP contribution in [0.1, 0.15) is 0 Å². The molecule has 0 amide bonds. The van der Waals surface area contributed by atoms with Crippen LogP contribution in [0.15, 0.2) is 0 Å². The maximum Gasteiger partial charge on any atom is 0.289 e. The van der Waals surface area contributed by atoms with E-state index in [1.54, 1.807) is 20.0 Å². The SMILES string of the molecule is [Cl][Au].[SH+]=C1SCCS1. The third-order valence-electron chi connectivity index (χ3n) is 0.534. The first-order valence-electron chi connectivity index (χ1n) is 1.82. The Hall–Kier alpha value is 1.82. The van der Waals surface area contributed by atoms with E-state index in [4.69, 9.17) is 0 Å². The molecule has 1 fully saturated rings. The van der Waals surface area contributed by atoms with Gasteiger partial charge in [-0.15, -0.1) is 0 Å². The Morgan fingerprint density at radius 3 is 1.88 bits per heavy atom. The van der Waals surface area contributed by atoms with Crippen molar-refractivity contribution in [1.29, 1.82) is 0 Å². The molecule has 0 aromatic heterocycles. The third kappa shape index (κ3) is 4.68. The first-order valence-corrected chi connectivity index (χ1v) is 6.93. The van der Waals surface area contributed by atoms with Gasteiger partial charge in [0.05, 0.1) is 0 Å². The average Bonchev–Trinajstić information content (AvgIpc) is 2.24. The zero-order chi connectivity index (χ0) is 6.41. The van der Waals surface area contributed by atoms with E-state index in [1.807, 2.05) is 23.5 Å². The predicted molar refractivity (Wildman–Crippen MR) is 44.5 cm³/mol. The topological polar surface area (TPSA) is 0 Å². The van der Waals surface area contributed by atoms with E-state index in [9.17, 15) is 0 Å². The number of hydrogen-bond donors (Lipinski definition) is 0. The van der Waals surface area contributed by atoms with Crippen molar-refractivity contribution in [3.05, 3.63) is 0 Å². The van der Waals surface area contributed by atoms with Crippen LogP contribution in [0.5, 0.6) is 0 Å². The quantitative estimate of drug-likeness (QED) is 0.275. The van der Waals surface area contributed by atoms with Gasteiger partial charge >= 0.3 is 29.2 Å². The van der Waals surface area contributed by atoms with Gasteiger partial charge in [-0.3, -0.25) is 0 Å². The summed E-state index contributed by atoms with van der Waals surface area (Å²) in [7, 11) is 4.58. The monoisotopic (exact) mass is 369 g/mol. The molecule has 8 heavy (non-hydrogen) atoms. The van der Waals surface area contributed by atoms with Gasteiger partial charge in [0.15, 0.2) is 12.2 Å². The molecule has 1 saturated heterocycles. The van der Waals surface area contributed by atoms with Crippen LogP contribution in [0.3, 0.4) is 0 Å². The number of rotatable bonds is 0. The van der Waals surface area contributed by atoms with Crippen molar-refractivity contribution >= 4 is 48.5 Å². The third-order valence-corrected chi connectivity index (χ3v) is 3.58. The van der Waals surface area contributed by atoms with Crippen molar-refractivity contribution in [2.24, 2.45) is 0 Å². The Bertz CT molecular complexity index is 68.9. The largest absolute Gasteiger partial charge is 0.289 e. The van der Waals surface area contributed by atoms with Crippen molar-refractivity contribution in [2.75, 3.05) is 11.5 Å².